The summed E-state index contributed by atoms with van der Waals surface area (Å²) in [5.41, 5.74) is 0. The summed E-state index contributed by atoms with van der Waals surface area (Å²) in [7, 11) is 0. The van der Waals surface area contributed by atoms with E-state index >= 15 is 0 Å². The molecule has 2 aromatic heterocycles. The summed E-state index contributed by atoms with van der Waals surface area (Å²) >= 11 is 1.61. The van der Waals surface area contributed by atoms with E-state index in [0.29, 0.717) is 5.92 Å². The van der Waals surface area contributed by atoms with E-state index < -0.39 is 0 Å². The van der Waals surface area contributed by atoms with Crippen LogP contribution in [0.25, 0.3) is 0 Å². The number of hydrogen-bond donors (Lipinski definition) is 1. The molecule has 1 N–H and O–H groups in total. The van der Waals surface area contributed by atoms with Crippen molar-refractivity contribution in [1.82, 2.24) is 10.2 Å². The predicted molar refractivity (Wildman–Crippen MR) is 64.9 cm³/mol. The van der Waals surface area contributed by atoms with Crippen LogP contribution in [0, 0.1) is 0 Å². The van der Waals surface area contributed by atoms with Gasteiger partial charge in [-0.25, -0.2) is 0 Å². The van der Waals surface area contributed by atoms with Crippen LogP contribution < -0.4 is 5.32 Å². The molecule has 0 atom stereocenters. The molecule has 0 unspecified atom stereocenters. The molecule has 0 aliphatic carbocycles. The van der Waals surface area contributed by atoms with Gasteiger partial charge < -0.3 is 9.73 Å². The number of rotatable bonds is 5. The number of furan rings is 1. The standard InChI is InChI=1S/C11H15N3OS/c1-8(2)10-13-14-11(16-10)12-6-5-9-4-3-7-15-9/h3-4,7-8H,5-6H2,1-2H3,(H,12,14). The molecule has 0 bridgehead atoms. The van der Waals surface area contributed by atoms with E-state index in [0.717, 1.165) is 28.9 Å². The van der Waals surface area contributed by atoms with Crippen molar-refractivity contribution in [1.29, 1.82) is 0 Å². The van der Waals surface area contributed by atoms with Crippen molar-refractivity contribution in [2.24, 2.45) is 0 Å². The molecule has 0 amide bonds. The van der Waals surface area contributed by atoms with Gasteiger partial charge in [-0.3, -0.25) is 0 Å². The second-order valence-electron chi connectivity index (χ2n) is 3.86. The molecular formula is C11H15N3OS. The molecule has 0 saturated carbocycles. The quantitative estimate of drug-likeness (QED) is 0.868. The SMILES string of the molecule is CC(C)c1nnc(NCCc2ccco2)s1. The highest BCUT2D eigenvalue weighted by Gasteiger charge is 2.06. The van der Waals surface area contributed by atoms with Gasteiger partial charge >= 0.3 is 0 Å². The fraction of sp³-hybridized carbons (Fsp3) is 0.455. The van der Waals surface area contributed by atoms with Crippen molar-refractivity contribution in [3.05, 3.63) is 29.2 Å². The van der Waals surface area contributed by atoms with Crippen molar-refractivity contribution in [2.75, 3.05) is 11.9 Å². The highest BCUT2D eigenvalue weighted by atomic mass is 32.1. The molecule has 0 saturated heterocycles. The van der Waals surface area contributed by atoms with Gasteiger partial charge in [0, 0.05) is 18.9 Å². The van der Waals surface area contributed by atoms with Gasteiger partial charge in [-0.05, 0) is 12.1 Å². The first kappa shape index (κ1) is 11.1. The lowest BCUT2D eigenvalue weighted by Gasteiger charge is -1.99. The van der Waals surface area contributed by atoms with Crippen LogP contribution in [0.2, 0.25) is 0 Å². The van der Waals surface area contributed by atoms with E-state index in [-0.39, 0.29) is 0 Å². The molecule has 2 aromatic rings. The fourth-order valence-electron chi connectivity index (χ4n) is 1.29. The van der Waals surface area contributed by atoms with E-state index in [9.17, 15) is 0 Å². The normalized spacial score (nSPS) is 10.9. The number of nitrogens with zero attached hydrogens (tertiary/aromatic N) is 2. The average molecular weight is 237 g/mol. The maximum Gasteiger partial charge on any atom is 0.205 e. The van der Waals surface area contributed by atoms with Crippen LogP contribution in [0.1, 0.15) is 30.5 Å². The Balaban J connectivity index is 1.81. The zero-order chi connectivity index (χ0) is 11.4. The van der Waals surface area contributed by atoms with Crippen molar-refractivity contribution in [3.8, 4) is 0 Å². The van der Waals surface area contributed by atoms with Crippen molar-refractivity contribution in [3.63, 3.8) is 0 Å². The van der Waals surface area contributed by atoms with E-state index in [2.05, 4.69) is 29.4 Å². The van der Waals surface area contributed by atoms with Crippen LogP contribution in [0.15, 0.2) is 22.8 Å². The summed E-state index contributed by atoms with van der Waals surface area (Å²) < 4.78 is 5.24. The third-order valence-corrected chi connectivity index (χ3v) is 3.34. The number of hydrogen-bond acceptors (Lipinski definition) is 5. The first-order valence-corrected chi connectivity index (χ1v) is 6.17. The van der Waals surface area contributed by atoms with Gasteiger partial charge in [-0.2, -0.15) is 0 Å². The smallest absolute Gasteiger partial charge is 0.205 e. The summed E-state index contributed by atoms with van der Waals surface area (Å²) in [6.07, 6.45) is 2.56. The Morgan fingerprint density at radius 3 is 2.94 bits per heavy atom. The van der Waals surface area contributed by atoms with E-state index in [1.165, 1.54) is 0 Å². The Labute approximate surface area is 98.7 Å². The topological polar surface area (TPSA) is 51.0 Å². The molecule has 4 nitrogen and oxygen atoms in total. The molecule has 0 aliphatic heterocycles. The van der Waals surface area contributed by atoms with E-state index in [1.807, 2.05) is 12.1 Å². The minimum absolute atomic E-state index is 0.443. The molecule has 0 fully saturated rings. The largest absolute Gasteiger partial charge is 0.469 e. The van der Waals surface area contributed by atoms with Gasteiger partial charge in [0.25, 0.3) is 0 Å². The van der Waals surface area contributed by atoms with Crippen LogP contribution in [-0.2, 0) is 6.42 Å². The second-order valence-corrected chi connectivity index (χ2v) is 4.87. The van der Waals surface area contributed by atoms with Crippen LogP contribution in [0.3, 0.4) is 0 Å². The molecule has 0 radical (unpaired) electrons. The molecule has 5 heteroatoms. The maximum atomic E-state index is 5.24. The molecule has 2 rings (SSSR count). The summed E-state index contributed by atoms with van der Waals surface area (Å²) in [5, 5.41) is 13.4. The van der Waals surface area contributed by atoms with Crippen LogP contribution in [0.5, 0.6) is 0 Å². The number of aromatic nitrogens is 2. The first-order chi connectivity index (χ1) is 7.75. The van der Waals surface area contributed by atoms with Gasteiger partial charge in [0.2, 0.25) is 5.13 Å². The molecule has 0 spiro atoms. The first-order valence-electron chi connectivity index (χ1n) is 5.35. The van der Waals surface area contributed by atoms with E-state index in [4.69, 9.17) is 4.42 Å². The molecule has 16 heavy (non-hydrogen) atoms. The summed E-state index contributed by atoms with van der Waals surface area (Å²) in [6.45, 7) is 5.06. The Kier molecular flexibility index (Phi) is 3.56. The van der Waals surface area contributed by atoms with Gasteiger partial charge in [-0.15, -0.1) is 10.2 Å². The molecule has 86 valence electrons. The summed E-state index contributed by atoms with van der Waals surface area (Å²) in [5.74, 6) is 1.43. The average Bonchev–Trinajstić information content (AvgIpc) is 2.87. The van der Waals surface area contributed by atoms with Gasteiger partial charge in [-0.1, -0.05) is 25.2 Å². The van der Waals surface area contributed by atoms with Crippen LogP contribution in [0.4, 0.5) is 5.13 Å². The highest BCUT2D eigenvalue weighted by molar-refractivity contribution is 7.15. The summed E-state index contributed by atoms with van der Waals surface area (Å²) in [6, 6.07) is 3.87. The van der Waals surface area contributed by atoms with Crippen molar-refractivity contribution >= 4 is 16.5 Å². The van der Waals surface area contributed by atoms with Crippen molar-refractivity contribution in [2.45, 2.75) is 26.2 Å². The number of nitrogens with one attached hydrogen (secondary N) is 1. The summed E-state index contributed by atoms with van der Waals surface area (Å²) in [4.78, 5) is 0. The van der Waals surface area contributed by atoms with Crippen LogP contribution >= 0.6 is 11.3 Å². The lowest BCUT2D eigenvalue weighted by molar-refractivity contribution is 0.513. The Bertz CT molecular complexity index is 422. The molecular weight excluding hydrogens is 222 g/mol. The van der Waals surface area contributed by atoms with E-state index in [1.54, 1.807) is 17.6 Å². The second kappa shape index (κ2) is 5.12. The maximum absolute atomic E-state index is 5.24. The van der Waals surface area contributed by atoms with Gasteiger partial charge in [0.05, 0.1) is 6.26 Å². The van der Waals surface area contributed by atoms with Gasteiger partial charge in [0.15, 0.2) is 0 Å². The zero-order valence-electron chi connectivity index (χ0n) is 9.43. The Hall–Kier alpha value is -1.36. The van der Waals surface area contributed by atoms with Gasteiger partial charge in [0.1, 0.15) is 10.8 Å². The predicted octanol–water partition coefficient (Wildman–Crippen LogP) is 2.91. The lowest BCUT2D eigenvalue weighted by Crippen LogP contribution is -2.03. The minimum Gasteiger partial charge on any atom is -0.469 e. The minimum atomic E-state index is 0.443. The third kappa shape index (κ3) is 2.82. The lowest BCUT2D eigenvalue weighted by atomic mass is 10.2. The Morgan fingerprint density at radius 2 is 2.31 bits per heavy atom. The third-order valence-electron chi connectivity index (χ3n) is 2.16. The number of anilines is 1. The Morgan fingerprint density at radius 1 is 1.44 bits per heavy atom. The highest BCUT2D eigenvalue weighted by Crippen LogP contribution is 2.22. The monoisotopic (exact) mass is 237 g/mol. The molecule has 0 aromatic carbocycles. The fourth-order valence-corrected chi connectivity index (χ4v) is 2.06. The zero-order valence-corrected chi connectivity index (χ0v) is 10.3. The molecule has 2 heterocycles. The molecule has 0 aliphatic rings. The van der Waals surface area contributed by atoms with Crippen LogP contribution in [-0.4, -0.2) is 16.7 Å². The van der Waals surface area contributed by atoms with Crippen molar-refractivity contribution < 1.29 is 4.42 Å².